The molecule has 0 aromatic heterocycles. The summed E-state index contributed by atoms with van der Waals surface area (Å²) in [5, 5.41) is 3.35. The molecule has 1 N–H and O–H groups in total. The van der Waals surface area contributed by atoms with E-state index in [1.54, 1.807) is 34.6 Å². The summed E-state index contributed by atoms with van der Waals surface area (Å²) in [6.45, 7) is 7.18. The zero-order valence-corrected chi connectivity index (χ0v) is 21.0. The van der Waals surface area contributed by atoms with Gasteiger partial charge in [-0.05, 0) is 66.6 Å². The molecule has 3 fully saturated rings. The van der Waals surface area contributed by atoms with Crippen LogP contribution in [-0.4, -0.2) is 65.3 Å². The monoisotopic (exact) mass is 503 g/mol. The van der Waals surface area contributed by atoms with Crippen LogP contribution in [0.4, 0.5) is 15.8 Å². The molecule has 2 saturated heterocycles. The number of rotatable bonds is 10. The average molecular weight is 504 g/mol. The van der Waals surface area contributed by atoms with E-state index in [1.807, 2.05) is 17.0 Å². The maximum Gasteiger partial charge on any atom is 0.243 e. The minimum Gasteiger partial charge on any atom is -0.494 e. The molecule has 2 unspecified atom stereocenters. The van der Waals surface area contributed by atoms with Crippen LogP contribution in [0.5, 0.6) is 5.75 Å². The third kappa shape index (κ3) is 5.27. The highest BCUT2D eigenvalue weighted by Crippen LogP contribution is 2.52. The van der Waals surface area contributed by atoms with Gasteiger partial charge in [-0.3, -0.25) is 0 Å². The Labute approximate surface area is 207 Å². The number of anilines is 2. The largest absolute Gasteiger partial charge is 0.494 e. The number of unbranched alkanes of at least 4 members (excludes halogenated alkanes) is 1. The van der Waals surface area contributed by atoms with Crippen molar-refractivity contribution in [3.8, 4) is 5.75 Å². The molecule has 3 aliphatic rings. The van der Waals surface area contributed by atoms with Crippen LogP contribution >= 0.6 is 0 Å². The Kier molecular flexibility index (Phi) is 7.18. The van der Waals surface area contributed by atoms with E-state index in [0.717, 1.165) is 25.1 Å². The van der Waals surface area contributed by atoms with Gasteiger partial charge in [0.25, 0.3) is 0 Å². The van der Waals surface area contributed by atoms with E-state index in [4.69, 9.17) is 9.47 Å². The molecule has 0 amide bonds. The molecule has 2 aromatic rings. The molecule has 35 heavy (non-hydrogen) atoms. The number of piperidine rings is 1. The second kappa shape index (κ2) is 10.3. The second-order valence-corrected chi connectivity index (χ2v) is 11.6. The highest BCUT2D eigenvalue weighted by Gasteiger charge is 2.57. The molecule has 7 nitrogen and oxygen atoms in total. The highest BCUT2D eigenvalue weighted by molar-refractivity contribution is 7.89. The first-order valence-electron chi connectivity index (χ1n) is 12.6. The summed E-state index contributed by atoms with van der Waals surface area (Å²) < 4.78 is 53.4. The molecule has 0 bridgehead atoms. The molecule has 2 aromatic carbocycles. The first-order chi connectivity index (χ1) is 17.0. The van der Waals surface area contributed by atoms with Gasteiger partial charge in [0.05, 0.1) is 30.4 Å². The lowest BCUT2D eigenvalue weighted by Crippen LogP contribution is -2.36. The molecule has 190 valence electrons. The van der Waals surface area contributed by atoms with Gasteiger partial charge in [0.2, 0.25) is 10.0 Å². The van der Waals surface area contributed by atoms with Gasteiger partial charge in [-0.25, -0.2) is 12.8 Å². The summed E-state index contributed by atoms with van der Waals surface area (Å²) in [7, 11) is -3.50. The van der Waals surface area contributed by atoms with Crippen molar-refractivity contribution in [1.29, 1.82) is 0 Å². The van der Waals surface area contributed by atoms with Crippen LogP contribution < -0.4 is 15.0 Å². The zero-order chi connectivity index (χ0) is 24.4. The first-order valence-corrected chi connectivity index (χ1v) is 14.0. The summed E-state index contributed by atoms with van der Waals surface area (Å²) in [6.07, 6.45) is 2.03. The lowest BCUT2D eigenvalue weighted by atomic mass is 10.2. The maximum absolute atomic E-state index is 14.6. The summed E-state index contributed by atoms with van der Waals surface area (Å²) in [5.74, 6) is 1.59. The molecule has 2 aliphatic heterocycles. The van der Waals surface area contributed by atoms with E-state index >= 15 is 0 Å². The van der Waals surface area contributed by atoms with Crippen molar-refractivity contribution in [2.45, 2.75) is 24.7 Å². The Morgan fingerprint density at radius 1 is 1.09 bits per heavy atom. The number of nitrogens with zero attached hydrogens (tertiary/aromatic N) is 2. The van der Waals surface area contributed by atoms with Crippen LogP contribution in [0.3, 0.4) is 0 Å². The number of benzene rings is 2. The van der Waals surface area contributed by atoms with Crippen molar-refractivity contribution in [3.05, 3.63) is 48.3 Å². The van der Waals surface area contributed by atoms with Crippen molar-refractivity contribution in [3.63, 3.8) is 0 Å². The van der Waals surface area contributed by atoms with E-state index in [1.165, 1.54) is 0 Å². The van der Waals surface area contributed by atoms with Crippen molar-refractivity contribution < 1.29 is 22.3 Å². The third-order valence-electron chi connectivity index (χ3n) is 7.41. The summed E-state index contributed by atoms with van der Waals surface area (Å²) >= 11 is 0. The number of sulfonamides is 1. The van der Waals surface area contributed by atoms with E-state index in [-0.39, 0.29) is 5.82 Å². The Morgan fingerprint density at radius 2 is 1.80 bits per heavy atom. The van der Waals surface area contributed by atoms with E-state index in [9.17, 15) is 12.8 Å². The van der Waals surface area contributed by atoms with Crippen LogP contribution in [0.2, 0.25) is 0 Å². The minimum atomic E-state index is -3.50. The van der Waals surface area contributed by atoms with E-state index in [2.05, 4.69) is 12.2 Å². The standard InChI is InChI=1S/C26H34FN3O4S/c1-2-3-12-34-20-5-7-21(8-6-20)35(31,32)30-17-23-22(24(23)18-30)16-28-19-4-9-26(25(27)15-19)29-10-13-33-14-11-29/h4-9,15,22-24,28H,2-3,10-14,16-18H2,1H3. The minimum absolute atomic E-state index is 0.230. The molecule has 9 heteroatoms. The maximum atomic E-state index is 14.6. The van der Waals surface area contributed by atoms with Crippen LogP contribution in [0.25, 0.3) is 0 Å². The van der Waals surface area contributed by atoms with Gasteiger partial charge in [-0.2, -0.15) is 4.31 Å². The number of hydrogen-bond donors (Lipinski definition) is 1. The molecule has 2 heterocycles. The van der Waals surface area contributed by atoms with Crippen LogP contribution in [0, 0.1) is 23.6 Å². The lowest BCUT2D eigenvalue weighted by molar-refractivity contribution is 0.122. The van der Waals surface area contributed by atoms with Gasteiger partial charge >= 0.3 is 0 Å². The molecule has 0 radical (unpaired) electrons. The molecular weight excluding hydrogens is 469 g/mol. The molecular formula is C26H34FN3O4S. The molecule has 0 spiro atoms. The fourth-order valence-electron chi connectivity index (χ4n) is 5.21. The second-order valence-electron chi connectivity index (χ2n) is 9.63. The number of halogens is 1. The number of ether oxygens (including phenoxy) is 2. The van der Waals surface area contributed by atoms with Gasteiger partial charge in [-0.15, -0.1) is 0 Å². The quantitative estimate of drug-likeness (QED) is 0.497. The Hall–Kier alpha value is -2.36. The Bertz CT molecular complexity index is 1110. The van der Waals surface area contributed by atoms with Crippen molar-refractivity contribution in [2.75, 3.05) is 62.8 Å². The highest BCUT2D eigenvalue weighted by atomic mass is 32.2. The third-order valence-corrected chi connectivity index (χ3v) is 9.25. The summed E-state index contributed by atoms with van der Waals surface area (Å²) in [6, 6.07) is 12.0. The van der Waals surface area contributed by atoms with Crippen LogP contribution in [-0.2, 0) is 14.8 Å². The fourth-order valence-corrected chi connectivity index (χ4v) is 6.73. The van der Waals surface area contributed by atoms with Gasteiger partial charge < -0.3 is 19.7 Å². The van der Waals surface area contributed by atoms with Gasteiger partial charge in [-0.1, -0.05) is 13.3 Å². The summed E-state index contributed by atoms with van der Waals surface area (Å²) in [5.41, 5.74) is 1.37. The smallest absolute Gasteiger partial charge is 0.243 e. The van der Waals surface area contributed by atoms with Crippen LogP contribution in [0.15, 0.2) is 47.4 Å². The first kappa shape index (κ1) is 24.3. The number of hydrogen-bond acceptors (Lipinski definition) is 6. The SMILES string of the molecule is CCCCOc1ccc(S(=O)(=O)N2CC3C(CNc4ccc(N5CCOCC5)c(F)c4)C3C2)cc1. The predicted molar refractivity (Wildman–Crippen MR) is 134 cm³/mol. The van der Waals surface area contributed by atoms with E-state index < -0.39 is 10.0 Å². The molecule has 1 aliphatic carbocycles. The Morgan fingerprint density at radius 3 is 2.46 bits per heavy atom. The predicted octanol–water partition coefficient (Wildman–Crippen LogP) is 3.82. The zero-order valence-electron chi connectivity index (χ0n) is 20.2. The number of nitrogens with one attached hydrogen (secondary N) is 1. The average Bonchev–Trinajstić information content (AvgIpc) is 3.31. The van der Waals surface area contributed by atoms with Crippen molar-refractivity contribution in [2.24, 2.45) is 17.8 Å². The fraction of sp³-hybridized carbons (Fsp3) is 0.538. The van der Waals surface area contributed by atoms with E-state index in [0.29, 0.717) is 80.1 Å². The number of morpholine rings is 1. The van der Waals surface area contributed by atoms with Crippen molar-refractivity contribution in [1.82, 2.24) is 4.31 Å². The molecule has 2 atom stereocenters. The topological polar surface area (TPSA) is 71.1 Å². The van der Waals surface area contributed by atoms with Gasteiger partial charge in [0.1, 0.15) is 11.6 Å². The number of fused-ring (bicyclic) bond motifs is 1. The Balaban J connectivity index is 1.11. The molecule has 1 saturated carbocycles. The van der Waals surface area contributed by atoms with Crippen LogP contribution in [0.1, 0.15) is 19.8 Å². The lowest BCUT2D eigenvalue weighted by Gasteiger charge is -2.29. The summed E-state index contributed by atoms with van der Waals surface area (Å²) in [4.78, 5) is 2.32. The normalized spacial score (nSPS) is 24.3. The van der Waals surface area contributed by atoms with Gasteiger partial charge in [0.15, 0.2) is 0 Å². The van der Waals surface area contributed by atoms with Crippen molar-refractivity contribution >= 4 is 21.4 Å². The molecule has 5 rings (SSSR count). The van der Waals surface area contributed by atoms with Gasteiger partial charge in [0, 0.05) is 38.4 Å².